The SMILES string of the molecule is CCCCN[C@H](C)c1cc(F)ccc1F. The lowest BCUT2D eigenvalue weighted by Crippen LogP contribution is -2.20. The number of hydrogen-bond acceptors (Lipinski definition) is 1. The third-order valence-electron chi connectivity index (χ3n) is 2.41. The standard InChI is InChI=1S/C12H17F2N/c1-3-4-7-15-9(2)11-8-10(13)5-6-12(11)14/h5-6,8-9,15H,3-4,7H2,1-2H3/t9-/m1/s1. The first-order valence-electron chi connectivity index (χ1n) is 5.33. The van der Waals surface area contributed by atoms with Gasteiger partial charge in [0.05, 0.1) is 0 Å². The Hall–Kier alpha value is -0.960. The lowest BCUT2D eigenvalue weighted by Gasteiger charge is -2.14. The maximum absolute atomic E-state index is 13.3. The largest absolute Gasteiger partial charge is 0.310 e. The molecule has 15 heavy (non-hydrogen) atoms. The number of hydrogen-bond donors (Lipinski definition) is 1. The molecule has 0 saturated heterocycles. The molecule has 0 aromatic heterocycles. The Bertz CT molecular complexity index is 312. The molecule has 0 fully saturated rings. The minimum atomic E-state index is -0.393. The van der Waals surface area contributed by atoms with E-state index < -0.39 is 5.82 Å². The highest BCUT2D eigenvalue weighted by Gasteiger charge is 2.10. The maximum Gasteiger partial charge on any atom is 0.128 e. The summed E-state index contributed by atoms with van der Waals surface area (Å²) in [6.45, 7) is 4.76. The normalized spacial score (nSPS) is 12.8. The molecule has 0 unspecified atom stereocenters. The van der Waals surface area contributed by atoms with Crippen molar-refractivity contribution >= 4 is 0 Å². The average molecular weight is 213 g/mol. The number of nitrogens with one attached hydrogen (secondary N) is 1. The Labute approximate surface area is 89.5 Å². The van der Waals surface area contributed by atoms with Gasteiger partial charge in [-0.15, -0.1) is 0 Å². The van der Waals surface area contributed by atoms with Crippen LogP contribution in [0.25, 0.3) is 0 Å². The van der Waals surface area contributed by atoms with Gasteiger partial charge in [-0.1, -0.05) is 13.3 Å². The topological polar surface area (TPSA) is 12.0 Å². The van der Waals surface area contributed by atoms with Crippen molar-refractivity contribution in [3.63, 3.8) is 0 Å². The summed E-state index contributed by atoms with van der Waals surface area (Å²) >= 11 is 0. The van der Waals surface area contributed by atoms with Gasteiger partial charge in [0.25, 0.3) is 0 Å². The van der Waals surface area contributed by atoms with Crippen LogP contribution in [0.5, 0.6) is 0 Å². The summed E-state index contributed by atoms with van der Waals surface area (Å²) in [5, 5.41) is 3.16. The van der Waals surface area contributed by atoms with Crippen LogP contribution in [0.1, 0.15) is 38.3 Å². The predicted octanol–water partition coefficient (Wildman–Crippen LogP) is 3.42. The quantitative estimate of drug-likeness (QED) is 0.739. The molecule has 0 amide bonds. The molecule has 1 rings (SSSR count). The van der Waals surface area contributed by atoms with Crippen molar-refractivity contribution < 1.29 is 8.78 Å². The van der Waals surface area contributed by atoms with Crippen LogP contribution in [0.15, 0.2) is 18.2 Å². The summed E-state index contributed by atoms with van der Waals surface area (Å²) in [4.78, 5) is 0. The zero-order valence-electron chi connectivity index (χ0n) is 9.19. The van der Waals surface area contributed by atoms with E-state index in [1.165, 1.54) is 12.1 Å². The molecule has 0 aliphatic rings. The van der Waals surface area contributed by atoms with E-state index in [0.717, 1.165) is 25.5 Å². The Morgan fingerprint density at radius 2 is 2.07 bits per heavy atom. The molecule has 0 spiro atoms. The van der Waals surface area contributed by atoms with Gasteiger partial charge in [0.1, 0.15) is 11.6 Å². The fourth-order valence-corrected chi connectivity index (χ4v) is 1.45. The Morgan fingerprint density at radius 1 is 1.33 bits per heavy atom. The number of benzene rings is 1. The molecule has 0 bridgehead atoms. The predicted molar refractivity (Wildman–Crippen MR) is 57.7 cm³/mol. The molecule has 3 heteroatoms. The lowest BCUT2D eigenvalue weighted by atomic mass is 10.1. The van der Waals surface area contributed by atoms with Gasteiger partial charge in [0.15, 0.2) is 0 Å². The minimum Gasteiger partial charge on any atom is -0.310 e. The van der Waals surface area contributed by atoms with Crippen LogP contribution < -0.4 is 5.32 Å². The molecule has 1 N–H and O–H groups in total. The van der Waals surface area contributed by atoms with E-state index in [0.29, 0.717) is 5.56 Å². The van der Waals surface area contributed by atoms with Crippen molar-refractivity contribution in [3.8, 4) is 0 Å². The van der Waals surface area contributed by atoms with Gasteiger partial charge in [0, 0.05) is 11.6 Å². The van der Waals surface area contributed by atoms with E-state index in [1.54, 1.807) is 0 Å². The van der Waals surface area contributed by atoms with Crippen molar-refractivity contribution in [1.82, 2.24) is 5.32 Å². The second kappa shape index (κ2) is 5.81. The van der Waals surface area contributed by atoms with Gasteiger partial charge in [0.2, 0.25) is 0 Å². The molecule has 0 radical (unpaired) electrons. The van der Waals surface area contributed by atoms with Crippen molar-refractivity contribution in [1.29, 1.82) is 0 Å². The lowest BCUT2D eigenvalue weighted by molar-refractivity contribution is 0.511. The molecule has 0 saturated carbocycles. The molecule has 0 aliphatic carbocycles. The van der Waals surface area contributed by atoms with Crippen LogP contribution in [0, 0.1) is 11.6 Å². The monoisotopic (exact) mass is 213 g/mol. The van der Waals surface area contributed by atoms with Gasteiger partial charge in [-0.3, -0.25) is 0 Å². The second-order valence-electron chi connectivity index (χ2n) is 3.70. The van der Waals surface area contributed by atoms with E-state index >= 15 is 0 Å². The summed E-state index contributed by atoms with van der Waals surface area (Å²) in [6.07, 6.45) is 2.13. The average Bonchev–Trinajstić information content (AvgIpc) is 2.22. The molecule has 1 aromatic rings. The molecule has 0 aliphatic heterocycles. The van der Waals surface area contributed by atoms with Crippen molar-refractivity contribution in [3.05, 3.63) is 35.4 Å². The van der Waals surface area contributed by atoms with Crippen LogP contribution in [-0.4, -0.2) is 6.54 Å². The van der Waals surface area contributed by atoms with E-state index in [4.69, 9.17) is 0 Å². The van der Waals surface area contributed by atoms with Gasteiger partial charge >= 0.3 is 0 Å². The smallest absolute Gasteiger partial charge is 0.128 e. The third kappa shape index (κ3) is 3.59. The first kappa shape index (κ1) is 12.1. The van der Waals surface area contributed by atoms with E-state index in [2.05, 4.69) is 12.2 Å². The number of rotatable bonds is 5. The fourth-order valence-electron chi connectivity index (χ4n) is 1.45. The molecule has 1 atom stereocenters. The van der Waals surface area contributed by atoms with Crippen LogP contribution in [0.3, 0.4) is 0 Å². The Morgan fingerprint density at radius 3 is 2.73 bits per heavy atom. The van der Waals surface area contributed by atoms with E-state index in [1.807, 2.05) is 6.92 Å². The van der Waals surface area contributed by atoms with Crippen LogP contribution in [0.2, 0.25) is 0 Å². The van der Waals surface area contributed by atoms with Crippen LogP contribution in [0.4, 0.5) is 8.78 Å². The van der Waals surface area contributed by atoms with Gasteiger partial charge in [-0.05, 0) is 38.1 Å². The van der Waals surface area contributed by atoms with Crippen molar-refractivity contribution in [2.45, 2.75) is 32.7 Å². The Kier molecular flexibility index (Phi) is 4.69. The third-order valence-corrected chi connectivity index (χ3v) is 2.41. The van der Waals surface area contributed by atoms with E-state index in [-0.39, 0.29) is 11.9 Å². The molecule has 84 valence electrons. The van der Waals surface area contributed by atoms with Crippen LogP contribution in [-0.2, 0) is 0 Å². The summed E-state index contributed by atoms with van der Waals surface area (Å²) < 4.78 is 26.2. The Balaban J connectivity index is 2.64. The highest BCUT2D eigenvalue weighted by atomic mass is 19.1. The van der Waals surface area contributed by atoms with E-state index in [9.17, 15) is 8.78 Å². The highest BCUT2D eigenvalue weighted by Crippen LogP contribution is 2.17. The minimum absolute atomic E-state index is 0.146. The summed E-state index contributed by atoms with van der Waals surface area (Å²) in [5.41, 5.74) is 0.395. The number of halogens is 2. The fraction of sp³-hybridized carbons (Fsp3) is 0.500. The highest BCUT2D eigenvalue weighted by molar-refractivity contribution is 5.21. The first-order valence-corrected chi connectivity index (χ1v) is 5.33. The zero-order chi connectivity index (χ0) is 11.3. The summed E-state index contributed by atoms with van der Waals surface area (Å²) in [5.74, 6) is -0.747. The van der Waals surface area contributed by atoms with Crippen LogP contribution >= 0.6 is 0 Å². The van der Waals surface area contributed by atoms with Gasteiger partial charge in [-0.2, -0.15) is 0 Å². The zero-order valence-corrected chi connectivity index (χ0v) is 9.19. The van der Waals surface area contributed by atoms with Crippen molar-refractivity contribution in [2.24, 2.45) is 0 Å². The summed E-state index contributed by atoms with van der Waals surface area (Å²) in [6, 6.07) is 3.41. The number of unbranched alkanes of at least 4 members (excludes halogenated alkanes) is 1. The summed E-state index contributed by atoms with van der Waals surface area (Å²) in [7, 11) is 0. The first-order chi connectivity index (χ1) is 7.15. The van der Waals surface area contributed by atoms with Gasteiger partial charge < -0.3 is 5.32 Å². The molecule has 0 heterocycles. The molecule has 1 nitrogen and oxygen atoms in total. The second-order valence-corrected chi connectivity index (χ2v) is 3.70. The van der Waals surface area contributed by atoms with Gasteiger partial charge in [-0.25, -0.2) is 8.78 Å². The maximum atomic E-state index is 13.3. The molecule has 1 aromatic carbocycles. The molecular formula is C12H17F2N. The van der Waals surface area contributed by atoms with Crippen molar-refractivity contribution in [2.75, 3.05) is 6.54 Å². The molecular weight excluding hydrogens is 196 g/mol.